The number of primary amides is 1. The van der Waals surface area contributed by atoms with Crippen LogP contribution in [0.3, 0.4) is 0 Å². The second-order valence-corrected chi connectivity index (χ2v) is 7.86. The number of hydrogen-bond acceptors (Lipinski definition) is 6. The fraction of sp³-hybridized carbons (Fsp3) is 0.737. The third-order valence-electron chi connectivity index (χ3n) is 5.90. The lowest BCUT2D eigenvalue weighted by molar-refractivity contribution is -0.129. The van der Waals surface area contributed by atoms with Gasteiger partial charge in [0, 0.05) is 51.6 Å². The van der Waals surface area contributed by atoms with E-state index in [1.165, 1.54) is 0 Å². The SMILES string of the molecule is NC(=O)N1CCNCC1C1CCC(=O)N(C(=O)O)CC1.O=C(O)N1CCCCCC1=O. The van der Waals surface area contributed by atoms with Crippen molar-refractivity contribution in [3.8, 4) is 0 Å². The van der Waals surface area contributed by atoms with Gasteiger partial charge in [0.2, 0.25) is 11.8 Å². The minimum atomic E-state index is -1.20. The molecule has 2 atom stereocenters. The molecule has 0 aliphatic carbocycles. The number of imide groups is 2. The van der Waals surface area contributed by atoms with Crippen molar-refractivity contribution in [2.24, 2.45) is 11.7 Å². The highest BCUT2D eigenvalue weighted by Gasteiger charge is 2.35. The fourth-order valence-electron chi connectivity index (χ4n) is 4.20. The summed E-state index contributed by atoms with van der Waals surface area (Å²) in [5, 5.41) is 20.7. The van der Waals surface area contributed by atoms with Crippen molar-refractivity contribution < 1.29 is 34.2 Å². The van der Waals surface area contributed by atoms with E-state index >= 15 is 0 Å². The maximum atomic E-state index is 11.7. The van der Waals surface area contributed by atoms with Crippen molar-refractivity contribution in [3.63, 3.8) is 0 Å². The lowest BCUT2D eigenvalue weighted by Gasteiger charge is -2.39. The van der Waals surface area contributed by atoms with Crippen molar-refractivity contribution in [2.75, 3.05) is 32.7 Å². The standard InChI is InChI=1S/C12H20N4O4.C7H11NO3/c13-11(18)15-6-4-14-7-9(15)8-1-2-10(17)16(5-3-8)12(19)20;9-6-4-2-1-3-5-8(6)7(10)11/h8-9,14H,1-7H2,(H2,13,18)(H,19,20);1-5H2,(H,10,11). The number of rotatable bonds is 1. The van der Waals surface area contributed by atoms with Gasteiger partial charge in [0.25, 0.3) is 0 Å². The quantitative estimate of drug-likeness (QED) is 0.460. The van der Waals surface area contributed by atoms with Gasteiger partial charge in [0.15, 0.2) is 0 Å². The summed E-state index contributed by atoms with van der Waals surface area (Å²) in [5.41, 5.74) is 5.39. The Morgan fingerprint density at radius 2 is 1.52 bits per heavy atom. The Morgan fingerprint density at radius 1 is 0.871 bits per heavy atom. The molecule has 3 rings (SSSR count). The van der Waals surface area contributed by atoms with Crippen LogP contribution in [0.5, 0.6) is 0 Å². The van der Waals surface area contributed by atoms with Gasteiger partial charge in [-0.1, -0.05) is 6.42 Å². The van der Waals surface area contributed by atoms with Crippen molar-refractivity contribution in [3.05, 3.63) is 0 Å². The summed E-state index contributed by atoms with van der Waals surface area (Å²) in [4.78, 5) is 59.0. The van der Waals surface area contributed by atoms with E-state index in [1.54, 1.807) is 4.90 Å². The molecule has 0 aromatic carbocycles. The number of urea groups is 1. The van der Waals surface area contributed by atoms with Crippen LogP contribution in [0.2, 0.25) is 0 Å². The molecule has 174 valence electrons. The van der Waals surface area contributed by atoms with Crippen LogP contribution in [0.15, 0.2) is 0 Å². The first-order chi connectivity index (χ1) is 14.7. The summed E-state index contributed by atoms with van der Waals surface area (Å²) >= 11 is 0. The van der Waals surface area contributed by atoms with E-state index < -0.39 is 18.2 Å². The zero-order valence-electron chi connectivity index (χ0n) is 17.5. The van der Waals surface area contributed by atoms with Gasteiger partial charge in [-0.2, -0.15) is 0 Å². The maximum absolute atomic E-state index is 11.7. The Hall–Kier alpha value is -2.89. The first kappa shape index (κ1) is 24.4. The van der Waals surface area contributed by atoms with Crippen LogP contribution >= 0.6 is 0 Å². The van der Waals surface area contributed by atoms with Crippen molar-refractivity contribution >= 4 is 30.0 Å². The molecular formula is C19H31N5O7. The molecule has 0 spiro atoms. The minimum Gasteiger partial charge on any atom is -0.465 e. The highest BCUT2D eigenvalue weighted by atomic mass is 16.4. The number of carboxylic acid groups (broad SMARTS) is 2. The molecule has 3 fully saturated rings. The van der Waals surface area contributed by atoms with Gasteiger partial charge in [-0.3, -0.25) is 9.59 Å². The highest BCUT2D eigenvalue weighted by Crippen LogP contribution is 2.25. The molecule has 0 aromatic heterocycles. The molecule has 6 amide bonds. The third-order valence-corrected chi connectivity index (χ3v) is 5.90. The van der Waals surface area contributed by atoms with Gasteiger partial charge in [-0.15, -0.1) is 0 Å². The number of likely N-dealkylation sites (tertiary alicyclic amines) is 2. The monoisotopic (exact) mass is 441 g/mol. The zero-order valence-corrected chi connectivity index (χ0v) is 17.5. The Morgan fingerprint density at radius 3 is 2.16 bits per heavy atom. The summed E-state index contributed by atoms with van der Waals surface area (Å²) in [6, 6.07) is -0.523. The zero-order chi connectivity index (χ0) is 23.0. The Balaban J connectivity index is 0.000000262. The number of hydrogen-bond donors (Lipinski definition) is 4. The predicted molar refractivity (Wildman–Crippen MR) is 108 cm³/mol. The molecule has 2 unspecified atom stereocenters. The van der Waals surface area contributed by atoms with Crippen LogP contribution in [0.1, 0.15) is 44.9 Å². The Labute approximate surface area is 180 Å². The second kappa shape index (κ2) is 11.5. The molecule has 0 saturated carbocycles. The highest BCUT2D eigenvalue weighted by molar-refractivity contribution is 5.91. The van der Waals surface area contributed by atoms with E-state index in [0.717, 1.165) is 29.1 Å². The van der Waals surface area contributed by atoms with E-state index in [1.807, 2.05) is 0 Å². The van der Waals surface area contributed by atoms with Crippen molar-refractivity contribution in [1.29, 1.82) is 0 Å². The average molecular weight is 441 g/mol. The topological polar surface area (TPSA) is 174 Å². The molecule has 0 aromatic rings. The van der Waals surface area contributed by atoms with E-state index in [2.05, 4.69) is 5.32 Å². The maximum Gasteiger partial charge on any atom is 0.414 e. The first-order valence-electron chi connectivity index (χ1n) is 10.6. The van der Waals surface area contributed by atoms with Crippen LogP contribution in [0, 0.1) is 5.92 Å². The van der Waals surface area contributed by atoms with Crippen molar-refractivity contribution in [2.45, 2.75) is 51.0 Å². The van der Waals surface area contributed by atoms with Crippen LogP contribution in [0.4, 0.5) is 14.4 Å². The molecule has 5 N–H and O–H groups in total. The molecule has 12 heteroatoms. The molecule has 3 aliphatic heterocycles. The van der Waals surface area contributed by atoms with E-state index in [9.17, 15) is 24.0 Å². The lowest BCUT2D eigenvalue weighted by atomic mass is 9.90. The molecule has 31 heavy (non-hydrogen) atoms. The number of nitrogens with zero attached hydrogens (tertiary/aromatic N) is 3. The van der Waals surface area contributed by atoms with E-state index in [4.69, 9.17) is 15.9 Å². The van der Waals surface area contributed by atoms with Gasteiger partial charge in [0.1, 0.15) is 0 Å². The van der Waals surface area contributed by atoms with E-state index in [0.29, 0.717) is 45.4 Å². The lowest BCUT2D eigenvalue weighted by Crippen LogP contribution is -2.58. The molecule has 0 radical (unpaired) electrons. The third kappa shape index (κ3) is 6.81. The summed E-state index contributed by atoms with van der Waals surface area (Å²) in [6.07, 6.45) is 1.98. The van der Waals surface area contributed by atoms with E-state index in [-0.39, 0.29) is 36.7 Å². The molecule has 3 saturated heterocycles. The van der Waals surface area contributed by atoms with Crippen molar-refractivity contribution in [1.82, 2.24) is 20.0 Å². The van der Waals surface area contributed by atoms with Gasteiger partial charge in [-0.05, 0) is 31.6 Å². The van der Waals surface area contributed by atoms with Crippen LogP contribution in [-0.2, 0) is 9.59 Å². The van der Waals surface area contributed by atoms with Crippen LogP contribution in [0.25, 0.3) is 0 Å². The largest absolute Gasteiger partial charge is 0.465 e. The number of carbonyl (C=O) groups is 5. The fourth-order valence-corrected chi connectivity index (χ4v) is 4.20. The van der Waals surface area contributed by atoms with Crippen LogP contribution in [-0.4, -0.2) is 93.7 Å². The number of piperazine rings is 1. The first-order valence-corrected chi connectivity index (χ1v) is 10.6. The summed E-state index contributed by atoms with van der Waals surface area (Å²) in [6.45, 7) is 2.43. The van der Waals surface area contributed by atoms with Gasteiger partial charge in [0.05, 0.1) is 0 Å². The number of nitrogens with two attached hydrogens (primary N) is 1. The smallest absolute Gasteiger partial charge is 0.414 e. The number of carbonyl (C=O) groups excluding carboxylic acids is 3. The molecular weight excluding hydrogens is 410 g/mol. The molecule has 12 nitrogen and oxygen atoms in total. The molecule has 3 heterocycles. The van der Waals surface area contributed by atoms with Gasteiger partial charge in [-0.25, -0.2) is 24.2 Å². The number of amides is 6. The Kier molecular flexibility index (Phi) is 9.03. The average Bonchev–Trinajstić information content (AvgIpc) is 3.06. The summed E-state index contributed by atoms with van der Waals surface area (Å²) < 4.78 is 0. The predicted octanol–water partition coefficient (Wildman–Crippen LogP) is 0.713. The summed E-state index contributed by atoms with van der Waals surface area (Å²) in [5.74, 6) is -0.534. The molecule has 0 bridgehead atoms. The van der Waals surface area contributed by atoms with Gasteiger partial charge < -0.3 is 26.2 Å². The normalized spacial score (nSPS) is 25.1. The Bertz CT molecular complexity index is 701. The second-order valence-electron chi connectivity index (χ2n) is 7.86. The minimum absolute atomic E-state index is 0.0669. The van der Waals surface area contributed by atoms with Crippen LogP contribution < -0.4 is 11.1 Å². The van der Waals surface area contributed by atoms with Gasteiger partial charge >= 0.3 is 18.2 Å². The number of nitrogens with one attached hydrogen (secondary N) is 1. The summed E-state index contributed by atoms with van der Waals surface area (Å²) in [7, 11) is 0. The molecule has 3 aliphatic rings.